The van der Waals surface area contributed by atoms with Crippen molar-refractivity contribution in [3.8, 4) is 22.8 Å². The Morgan fingerprint density at radius 1 is 0.485 bits per heavy atom. The van der Waals surface area contributed by atoms with E-state index in [9.17, 15) is 0 Å². The summed E-state index contributed by atoms with van der Waals surface area (Å²) < 4.78 is 34.1. The molecule has 0 aliphatic carbocycles. The number of hydrogen-bond acceptors (Lipinski definition) is 9. The fraction of sp³-hybridized carbons (Fsp3) is 0.375. The molecule has 3 fully saturated rings. The van der Waals surface area contributed by atoms with Crippen LogP contribution in [0.1, 0.15) is 35.6 Å². The van der Waals surface area contributed by atoms with Crippen molar-refractivity contribution in [3.63, 3.8) is 0 Å². The van der Waals surface area contributed by atoms with E-state index >= 15 is 0 Å². The number of nitrogens with zero attached hydrogens (tertiary/aromatic N) is 3. The van der Waals surface area contributed by atoms with E-state index in [1.807, 2.05) is 36.4 Å². The lowest BCUT2D eigenvalue weighted by atomic mass is 10.1. The Morgan fingerprint density at radius 2 is 0.848 bits per heavy atom. The normalized spacial score (nSPS) is 20.1. The fourth-order valence-electron chi connectivity index (χ4n) is 4.07. The zero-order valence-corrected chi connectivity index (χ0v) is 17.9. The minimum Gasteiger partial charge on any atom is -0.346 e. The molecule has 33 heavy (non-hydrogen) atoms. The smallest absolute Gasteiger partial charge is 0.184 e. The molecule has 0 radical (unpaired) electrons. The Labute approximate surface area is 190 Å². The van der Waals surface area contributed by atoms with Crippen molar-refractivity contribution in [2.45, 2.75) is 18.9 Å². The lowest BCUT2D eigenvalue weighted by Crippen LogP contribution is -2.04. The van der Waals surface area contributed by atoms with Crippen molar-refractivity contribution in [1.29, 1.82) is 0 Å². The predicted octanol–water partition coefficient (Wildman–Crippen LogP) is 3.34. The van der Waals surface area contributed by atoms with Crippen molar-refractivity contribution in [2.75, 3.05) is 39.6 Å². The maximum absolute atomic E-state index is 5.76. The molecule has 9 nitrogen and oxygen atoms in total. The Kier molecular flexibility index (Phi) is 5.81. The summed E-state index contributed by atoms with van der Waals surface area (Å²) in [5, 5.41) is 0. The van der Waals surface area contributed by atoms with E-state index in [0.29, 0.717) is 62.4 Å². The average molecular weight is 449 g/mol. The molecule has 0 amide bonds. The minimum absolute atomic E-state index is 0.388. The number of pyridine rings is 3. The van der Waals surface area contributed by atoms with E-state index in [1.165, 1.54) is 0 Å². The van der Waals surface area contributed by atoms with Gasteiger partial charge in [0, 0.05) is 29.1 Å². The first-order valence-electron chi connectivity index (χ1n) is 11.0. The molecule has 6 rings (SSSR count). The minimum atomic E-state index is -0.458. The molecule has 0 bridgehead atoms. The average Bonchev–Trinajstić information content (AvgIpc) is 3.67. The second-order valence-electron chi connectivity index (χ2n) is 7.84. The molecule has 6 heterocycles. The summed E-state index contributed by atoms with van der Waals surface area (Å²) in [4.78, 5) is 14.0. The Balaban J connectivity index is 1.41. The lowest BCUT2D eigenvalue weighted by molar-refractivity contribution is -0.0444. The van der Waals surface area contributed by atoms with Crippen molar-refractivity contribution in [1.82, 2.24) is 15.0 Å². The van der Waals surface area contributed by atoms with Gasteiger partial charge in [-0.05, 0) is 36.4 Å². The summed E-state index contributed by atoms with van der Waals surface area (Å²) in [5.74, 6) is 0. The lowest BCUT2D eigenvalue weighted by Gasteiger charge is -2.15. The predicted molar refractivity (Wildman–Crippen MR) is 115 cm³/mol. The van der Waals surface area contributed by atoms with Gasteiger partial charge in [0.15, 0.2) is 18.9 Å². The summed E-state index contributed by atoms with van der Waals surface area (Å²) in [6, 6.07) is 11.5. The zero-order chi connectivity index (χ0) is 22.0. The first-order valence-corrected chi connectivity index (χ1v) is 11.0. The molecule has 3 aliphatic heterocycles. The monoisotopic (exact) mass is 449 g/mol. The number of rotatable bonds is 5. The number of ether oxygens (including phenoxy) is 6. The molecule has 0 N–H and O–H groups in total. The summed E-state index contributed by atoms with van der Waals surface area (Å²) in [5.41, 5.74) is 5.42. The zero-order valence-electron chi connectivity index (χ0n) is 17.9. The molecule has 9 heteroatoms. The van der Waals surface area contributed by atoms with Gasteiger partial charge in [0.1, 0.15) is 0 Å². The van der Waals surface area contributed by atoms with Crippen LogP contribution in [0.3, 0.4) is 0 Å². The molecule has 3 aromatic rings. The first-order chi connectivity index (χ1) is 16.3. The summed E-state index contributed by atoms with van der Waals surface area (Å²) >= 11 is 0. The quantitative estimate of drug-likeness (QED) is 0.581. The molecule has 170 valence electrons. The molecule has 3 saturated heterocycles. The van der Waals surface area contributed by atoms with Crippen LogP contribution in [0.4, 0.5) is 0 Å². The highest BCUT2D eigenvalue weighted by Gasteiger charge is 2.24. The highest BCUT2D eigenvalue weighted by molar-refractivity contribution is 5.64. The van der Waals surface area contributed by atoms with Crippen LogP contribution in [-0.2, 0) is 28.4 Å². The highest BCUT2D eigenvalue weighted by atomic mass is 16.7. The molecule has 3 aliphatic rings. The largest absolute Gasteiger partial charge is 0.346 e. The van der Waals surface area contributed by atoms with Gasteiger partial charge < -0.3 is 28.4 Å². The highest BCUT2D eigenvalue weighted by Crippen LogP contribution is 2.33. The van der Waals surface area contributed by atoms with Crippen LogP contribution >= 0.6 is 0 Å². The van der Waals surface area contributed by atoms with Crippen LogP contribution < -0.4 is 0 Å². The van der Waals surface area contributed by atoms with Gasteiger partial charge >= 0.3 is 0 Å². The standard InChI is InChI=1S/C24H23N3O6/c1-3-25-18(11-15(1)22-28-5-6-29-22)20-13-17(24-32-9-10-33-24)14-21(27-20)19-12-16(2-4-26-19)23-30-7-8-31-23/h1-4,11-14,22-24H,5-10H2. The van der Waals surface area contributed by atoms with E-state index < -0.39 is 6.29 Å². The van der Waals surface area contributed by atoms with E-state index in [-0.39, 0.29) is 12.6 Å². The SMILES string of the molecule is c1cc(C2OCCO2)cc(-c2cc(C3OCCO3)cc(-c3cc(C4OCCO4)ccn3)n2)n1. The molecular formula is C24H23N3O6. The third kappa shape index (κ3) is 4.39. The molecule has 0 unspecified atom stereocenters. The van der Waals surface area contributed by atoms with E-state index in [4.69, 9.17) is 33.4 Å². The fourth-order valence-corrected chi connectivity index (χ4v) is 4.07. The van der Waals surface area contributed by atoms with Gasteiger partial charge in [0.2, 0.25) is 0 Å². The van der Waals surface area contributed by atoms with Crippen LogP contribution in [0.25, 0.3) is 22.8 Å². The van der Waals surface area contributed by atoms with Crippen LogP contribution in [0.2, 0.25) is 0 Å². The van der Waals surface area contributed by atoms with Gasteiger partial charge in [0.05, 0.1) is 62.4 Å². The van der Waals surface area contributed by atoms with Crippen LogP contribution in [0.5, 0.6) is 0 Å². The number of hydrogen-bond donors (Lipinski definition) is 0. The third-order valence-corrected chi connectivity index (χ3v) is 5.62. The van der Waals surface area contributed by atoms with Gasteiger partial charge in [-0.1, -0.05) is 0 Å². The van der Waals surface area contributed by atoms with Crippen LogP contribution in [0.15, 0.2) is 48.8 Å². The molecule has 3 aromatic heterocycles. The summed E-state index contributed by atoms with van der Waals surface area (Å²) in [7, 11) is 0. The first kappa shape index (κ1) is 20.8. The van der Waals surface area contributed by atoms with E-state index in [2.05, 4.69) is 9.97 Å². The van der Waals surface area contributed by atoms with Gasteiger partial charge in [-0.25, -0.2) is 4.98 Å². The van der Waals surface area contributed by atoms with E-state index in [0.717, 1.165) is 16.7 Å². The molecule has 0 aromatic carbocycles. The van der Waals surface area contributed by atoms with Gasteiger partial charge in [-0.3, -0.25) is 9.97 Å². The molecular weight excluding hydrogens is 426 g/mol. The van der Waals surface area contributed by atoms with Crippen LogP contribution in [-0.4, -0.2) is 54.6 Å². The molecule has 0 saturated carbocycles. The van der Waals surface area contributed by atoms with Crippen molar-refractivity contribution in [3.05, 3.63) is 65.5 Å². The summed E-state index contributed by atoms with van der Waals surface area (Å²) in [6.45, 7) is 3.40. The Bertz CT molecular complexity index is 1050. The van der Waals surface area contributed by atoms with Gasteiger partial charge in [-0.15, -0.1) is 0 Å². The van der Waals surface area contributed by atoms with Gasteiger partial charge in [-0.2, -0.15) is 0 Å². The van der Waals surface area contributed by atoms with Gasteiger partial charge in [0.25, 0.3) is 0 Å². The summed E-state index contributed by atoms with van der Waals surface area (Å²) in [6.07, 6.45) is 2.24. The second kappa shape index (κ2) is 9.22. The van der Waals surface area contributed by atoms with E-state index in [1.54, 1.807) is 12.4 Å². The Hall–Kier alpha value is -2.79. The Morgan fingerprint density at radius 3 is 1.27 bits per heavy atom. The maximum atomic E-state index is 5.76. The van der Waals surface area contributed by atoms with Crippen molar-refractivity contribution < 1.29 is 28.4 Å². The van der Waals surface area contributed by atoms with Crippen molar-refractivity contribution >= 4 is 0 Å². The second-order valence-corrected chi connectivity index (χ2v) is 7.84. The van der Waals surface area contributed by atoms with Crippen LogP contribution in [0, 0.1) is 0 Å². The third-order valence-electron chi connectivity index (χ3n) is 5.62. The number of aromatic nitrogens is 3. The topological polar surface area (TPSA) is 94.1 Å². The molecule has 0 spiro atoms. The molecule has 0 atom stereocenters. The maximum Gasteiger partial charge on any atom is 0.184 e. The van der Waals surface area contributed by atoms with Crippen molar-refractivity contribution in [2.24, 2.45) is 0 Å².